The highest BCUT2D eigenvalue weighted by Gasteiger charge is 2.44. The molecular formula is C19H38O3Si. The molecule has 4 heteroatoms. The zero-order valence-corrected chi connectivity index (χ0v) is 16.9. The largest absolute Gasteiger partial charge is 0.394 e. The number of rotatable bonds is 11. The van der Waals surface area contributed by atoms with Gasteiger partial charge in [0.2, 0.25) is 0 Å². The third-order valence-electron chi connectivity index (χ3n) is 5.97. The van der Waals surface area contributed by atoms with E-state index in [-0.39, 0.29) is 0 Å². The van der Waals surface area contributed by atoms with Crippen LogP contribution >= 0.6 is 0 Å². The van der Waals surface area contributed by atoms with Gasteiger partial charge in [0.25, 0.3) is 0 Å². The van der Waals surface area contributed by atoms with Crippen LogP contribution in [0.4, 0.5) is 0 Å². The average molecular weight is 343 g/mol. The molecule has 0 bridgehead atoms. The molecular weight excluding hydrogens is 304 g/mol. The Balaban J connectivity index is 2.00. The van der Waals surface area contributed by atoms with E-state index in [1.165, 1.54) is 51.4 Å². The van der Waals surface area contributed by atoms with Gasteiger partial charge in [-0.05, 0) is 63.0 Å². The zero-order valence-electron chi connectivity index (χ0n) is 15.9. The molecule has 1 saturated carbocycles. The highest BCUT2D eigenvalue weighted by Crippen LogP contribution is 2.47. The highest BCUT2D eigenvalue weighted by molar-refractivity contribution is 6.68. The van der Waals surface area contributed by atoms with Crippen molar-refractivity contribution >= 4 is 8.56 Å². The maximum Gasteiger partial charge on any atom is 0.340 e. The van der Waals surface area contributed by atoms with Gasteiger partial charge in [0.05, 0.1) is 12.7 Å². The maximum atomic E-state index is 6.30. The van der Waals surface area contributed by atoms with Crippen molar-refractivity contribution in [2.75, 3.05) is 19.8 Å². The molecule has 0 aromatic rings. The molecule has 2 fully saturated rings. The Bertz CT molecular complexity index is 330. The monoisotopic (exact) mass is 342 g/mol. The topological polar surface area (TPSA) is 31.0 Å². The van der Waals surface area contributed by atoms with E-state index in [0.717, 1.165) is 25.9 Å². The van der Waals surface area contributed by atoms with Crippen LogP contribution in [0.3, 0.4) is 0 Å². The van der Waals surface area contributed by atoms with Crippen LogP contribution in [0.1, 0.15) is 79.1 Å². The smallest absolute Gasteiger partial charge is 0.340 e. The van der Waals surface area contributed by atoms with Gasteiger partial charge in [-0.25, -0.2) is 0 Å². The van der Waals surface area contributed by atoms with Crippen molar-refractivity contribution in [3.63, 3.8) is 0 Å². The predicted molar refractivity (Wildman–Crippen MR) is 98.0 cm³/mol. The molecule has 23 heavy (non-hydrogen) atoms. The summed E-state index contributed by atoms with van der Waals surface area (Å²) in [5, 5.41) is 0. The fourth-order valence-electron chi connectivity index (χ4n) is 4.36. The molecule has 3 nitrogen and oxygen atoms in total. The van der Waals surface area contributed by atoms with Crippen LogP contribution in [-0.4, -0.2) is 34.5 Å². The molecule has 2 rings (SSSR count). The van der Waals surface area contributed by atoms with Crippen LogP contribution in [0, 0.1) is 5.41 Å². The molecule has 1 saturated heterocycles. The second kappa shape index (κ2) is 8.98. The molecule has 1 unspecified atom stereocenters. The van der Waals surface area contributed by atoms with Crippen molar-refractivity contribution in [1.82, 2.24) is 0 Å². The SMILES string of the molecule is CCO[Si](CCC1(CCC2CO2)CCCCC1)(OCC)C(C)C. The Morgan fingerprint density at radius 2 is 1.65 bits per heavy atom. The van der Waals surface area contributed by atoms with Crippen molar-refractivity contribution in [1.29, 1.82) is 0 Å². The summed E-state index contributed by atoms with van der Waals surface area (Å²) in [7, 11) is -2.08. The van der Waals surface area contributed by atoms with Crippen LogP contribution in [-0.2, 0) is 13.6 Å². The fourth-order valence-corrected chi connectivity index (χ4v) is 7.84. The summed E-state index contributed by atoms with van der Waals surface area (Å²) >= 11 is 0. The first kappa shape index (κ1) is 19.4. The first-order valence-corrected chi connectivity index (χ1v) is 12.1. The summed E-state index contributed by atoms with van der Waals surface area (Å²) in [6, 6.07) is 1.16. The molecule has 0 aromatic heterocycles. The van der Waals surface area contributed by atoms with Crippen LogP contribution in [0.5, 0.6) is 0 Å². The molecule has 1 heterocycles. The van der Waals surface area contributed by atoms with Gasteiger partial charge in [-0.3, -0.25) is 0 Å². The summed E-state index contributed by atoms with van der Waals surface area (Å²) in [4.78, 5) is 0. The summed E-state index contributed by atoms with van der Waals surface area (Å²) in [6.07, 6.45) is 11.5. The predicted octanol–water partition coefficient (Wildman–Crippen LogP) is 5.43. The molecule has 1 aliphatic carbocycles. The molecule has 136 valence electrons. The molecule has 0 amide bonds. The second-order valence-electron chi connectivity index (χ2n) is 7.89. The van der Waals surface area contributed by atoms with Crippen molar-refractivity contribution in [3.8, 4) is 0 Å². The van der Waals surface area contributed by atoms with Gasteiger partial charge in [0.1, 0.15) is 0 Å². The molecule has 0 radical (unpaired) electrons. The standard InChI is InChI=1S/C19H38O3Si/c1-5-21-23(17(3)4,22-6-2)15-14-19(11-8-7-9-12-19)13-10-18-16-20-18/h17-18H,5-16H2,1-4H3. The van der Waals surface area contributed by atoms with E-state index in [9.17, 15) is 0 Å². The van der Waals surface area contributed by atoms with Crippen LogP contribution < -0.4 is 0 Å². The summed E-state index contributed by atoms with van der Waals surface area (Å²) in [5.41, 5.74) is 1.06. The van der Waals surface area contributed by atoms with Crippen LogP contribution in [0.25, 0.3) is 0 Å². The summed E-state index contributed by atoms with van der Waals surface area (Å²) in [5.74, 6) is 0. The molecule has 0 aromatic carbocycles. The first-order chi connectivity index (χ1) is 11.1. The Morgan fingerprint density at radius 1 is 1.04 bits per heavy atom. The molecule has 0 spiro atoms. The number of hydrogen-bond donors (Lipinski definition) is 0. The first-order valence-electron chi connectivity index (χ1n) is 9.95. The third-order valence-corrected chi connectivity index (χ3v) is 10.2. The minimum Gasteiger partial charge on any atom is -0.394 e. The lowest BCUT2D eigenvalue weighted by Gasteiger charge is -2.41. The van der Waals surface area contributed by atoms with Crippen LogP contribution in [0.15, 0.2) is 0 Å². The van der Waals surface area contributed by atoms with Crippen molar-refractivity contribution < 1.29 is 13.6 Å². The van der Waals surface area contributed by atoms with Gasteiger partial charge in [0, 0.05) is 13.2 Å². The Hall–Kier alpha value is 0.0969. The molecule has 1 aliphatic heterocycles. The van der Waals surface area contributed by atoms with Gasteiger partial charge >= 0.3 is 8.56 Å². The summed E-state index contributed by atoms with van der Waals surface area (Å²) < 4.78 is 18.1. The lowest BCUT2D eigenvalue weighted by molar-refractivity contribution is 0.134. The Morgan fingerprint density at radius 3 is 2.13 bits per heavy atom. The van der Waals surface area contributed by atoms with Gasteiger partial charge < -0.3 is 13.6 Å². The lowest BCUT2D eigenvalue weighted by atomic mass is 9.69. The second-order valence-corrected chi connectivity index (χ2v) is 11.7. The number of hydrogen-bond acceptors (Lipinski definition) is 3. The van der Waals surface area contributed by atoms with E-state index in [0.29, 0.717) is 17.1 Å². The minimum atomic E-state index is -2.08. The molecule has 2 aliphatic rings. The lowest BCUT2D eigenvalue weighted by Crippen LogP contribution is -2.46. The minimum absolute atomic E-state index is 0.523. The van der Waals surface area contributed by atoms with E-state index in [4.69, 9.17) is 13.6 Å². The number of epoxide rings is 1. The zero-order chi connectivity index (χ0) is 16.8. The maximum absolute atomic E-state index is 6.30. The molecule has 0 N–H and O–H groups in total. The third kappa shape index (κ3) is 5.55. The highest BCUT2D eigenvalue weighted by atomic mass is 28.4. The quantitative estimate of drug-likeness (QED) is 0.370. The van der Waals surface area contributed by atoms with Gasteiger partial charge in [-0.1, -0.05) is 33.1 Å². The van der Waals surface area contributed by atoms with Gasteiger partial charge in [0.15, 0.2) is 0 Å². The van der Waals surface area contributed by atoms with Crippen LogP contribution in [0.2, 0.25) is 11.6 Å². The Kier molecular flexibility index (Phi) is 7.58. The van der Waals surface area contributed by atoms with E-state index in [1.807, 2.05) is 0 Å². The fraction of sp³-hybridized carbons (Fsp3) is 1.00. The van der Waals surface area contributed by atoms with E-state index in [1.54, 1.807) is 0 Å². The van der Waals surface area contributed by atoms with Gasteiger partial charge in [-0.15, -0.1) is 0 Å². The van der Waals surface area contributed by atoms with E-state index in [2.05, 4.69) is 27.7 Å². The Labute approximate surface area is 144 Å². The van der Waals surface area contributed by atoms with Gasteiger partial charge in [-0.2, -0.15) is 0 Å². The number of ether oxygens (including phenoxy) is 1. The van der Waals surface area contributed by atoms with E-state index < -0.39 is 8.56 Å². The summed E-state index contributed by atoms with van der Waals surface area (Å²) in [6.45, 7) is 11.4. The average Bonchev–Trinajstić information content (AvgIpc) is 3.36. The van der Waals surface area contributed by atoms with Crippen molar-refractivity contribution in [3.05, 3.63) is 0 Å². The van der Waals surface area contributed by atoms with Crippen molar-refractivity contribution in [2.24, 2.45) is 5.41 Å². The van der Waals surface area contributed by atoms with Crippen molar-refractivity contribution in [2.45, 2.75) is 96.8 Å². The molecule has 1 atom stereocenters. The normalized spacial score (nSPS) is 24.1. The van der Waals surface area contributed by atoms with E-state index >= 15 is 0 Å².